The van der Waals surface area contributed by atoms with E-state index in [2.05, 4.69) is 0 Å². The fourth-order valence-corrected chi connectivity index (χ4v) is 2.50. The maximum Gasteiger partial charge on any atom is 0.186 e. The SMILES string of the molecule is CC1=C/C(=C2\C=CC(=O)C(c3ccc(C)cc3)=C2)C=CC1=O. The molecule has 0 bridgehead atoms. The molecule has 0 saturated heterocycles. The van der Waals surface area contributed by atoms with Crippen LogP contribution < -0.4 is 0 Å². The molecule has 2 heteroatoms. The number of benzene rings is 1. The van der Waals surface area contributed by atoms with Crippen molar-refractivity contribution >= 4 is 17.1 Å². The lowest BCUT2D eigenvalue weighted by molar-refractivity contribution is -0.111. The Morgan fingerprint density at radius 1 is 0.682 bits per heavy atom. The second-order valence-corrected chi connectivity index (χ2v) is 5.56. The molecule has 2 aliphatic rings. The third kappa shape index (κ3) is 2.68. The molecule has 0 heterocycles. The van der Waals surface area contributed by atoms with E-state index in [1.807, 2.05) is 43.3 Å². The number of carbonyl (C=O) groups excluding carboxylic acids is 2. The second kappa shape index (κ2) is 5.57. The molecular formula is C20H16O2. The van der Waals surface area contributed by atoms with Gasteiger partial charge in [0.2, 0.25) is 0 Å². The first-order chi connectivity index (χ1) is 10.5. The topological polar surface area (TPSA) is 34.1 Å². The van der Waals surface area contributed by atoms with Crippen LogP contribution in [0.1, 0.15) is 18.1 Å². The van der Waals surface area contributed by atoms with Crippen LogP contribution in [-0.2, 0) is 9.59 Å². The molecule has 22 heavy (non-hydrogen) atoms. The van der Waals surface area contributed by atoms with E-state index in [9.17, 15) is 9.59 Å². The van der Waals surface area contributed by atoms with Crippen LogP contribution >= 0.6 is 0 Å². The van der Waals surface area contributed by atoms with Crippen molar-refractivity contribution in [3.05, 3.63) is 88.6 Å². The lowest BCUT2D eigenvalue weighted by Crippen LogP contribution is -2.05. The molecule has 1 aromatic rings. The summed E-state index contributed by atoms with van der Waals surface area (Å²) < 4.78 is 0. The smallest absolute Gasteiger partial charge is 0.186 e. The third-order valence-corrected chi connectivity index (χ3v) is 3.85. The van der Waals surface area contributed by atoms with E-state index in [0.717, 1.165) is 22.3 Å². The highest BCUT2D eigenvalue weighted by Crippen LogP contribution is 2.27. The summed E-state index contributed by atoms with van der Waals surface area (Å²) in [6, 6.07) is 7.92. The average molecular weight is 288 g/mol. The molecule has 0 fully saturated rings. The van der Waals surface area contributed by atoms with Gasteiger partial charge in [0.25, 0.3) is 0 Å². The molecule has 0 saturated carbocycles. The van der Waals surface area contributed by atoms with Crippen molar-refractivity contribution in [2.45, 2.75) is 13.8 Å². The first-order valence-electron chi connectivity index (χ1n) is 7.21. The monoisotopic (exact) mass is 288 g/mol. The van der Waals surface area contributed by atoms with Crippen LogP contribution in [0, 0.1) is 6.92 Å². The van der Waals surface area contributed by atoms with Crippen molar-refractivity contribution in [1.82, 2.24) is 0 Å². The summed E-state index contributed by atoms with van der Waals surface area (Å²) in [5, 5.41) is 0. The van der Waals surface area contributed by atoms with Crippen LogP contribution in [0.4, 0.5) is 0 Å². The van der Waals surface area contributed by atoms with Crippen molar-refractivity contribution in [2.75, 3.05) is 0 Å². The number of allylic oxidation sites excluding steroid dienone is 10. The maximum atomic E-state index is 12.2. The lowest BCUT2D eigenvalue weighted by Gasteiger charge is -2.13. The minimum Gasteiger partial charge on any atom is -0.290 e. The molecule has 0 N–H and O–H groups in total. The third-order valence-electron chi connectivity index (χ3n) is 3.85. The highest BCUT2D eigenvalue weighted by molar-refractivity contribution is 6.27. The zero-order valence-electron chi connectivity index (χ0n) is 12.6. The molecule has 2 aliphatic carbocycles. The van der Waals surface area contributed by atoms with Crippen LogP contribution in [0.25, 0.3) is 5.57 Å². The average Bonchev–Trinajstić information content (AvgIpc) is 2.52. The summed E-state index contributed by atoms with van der Waals surface area (Å²) in [6.07, 6.45) is 10.5. The van der Waals surface area contributed by atoms with Crippen molar-refractivity contribution < 1.29 is 9.59 Å². The van der Waals surface area contributed by atoms with Gasteiger partial charge < -0.3 is 0 Å². The normalized spacial score (nSPS) is 21.0. The van der Waals surface area contributed by atoms with Crippen LogP contribution in [0.2, 0.25) is 0 Å². The molecule has 0 amide bonds. The molecule has 0 atom stereocenters. The summed E-state index contributed by atoms with van der Waals surface area (Å²) in [6.45, 7) is 3.82. The molecule has 3 rings (SSSR count). The van der Waals surface area contributed by atoms with Gasteiger partial charge in [-0.05, 0) is 60.4 Å². The predicted octanol–water partition coefficient (Wildman–Crippen LogP) is 3.90. The number of hydrogen-bond donors (Lipinski definition) is 0. The van der Waals surface area contributed by atoms with Crippen molar-refractivity contribution in [3.8, 4) is 0 Å². The minimum atomic E-state index is 0.00442. The molecule has 0 radical (unpaired) electrons. The Kier molecular flexibility index (Phi) is 3.60. The zero-order valence-corrected chi connectivity index (χ0v) is 12.6. The first kappa shape index (κ1) is 14.2. The second-order valence-electron chi connectivity index (χ2n) is 5.56. The fraction of sp³-hybridized carbons (Fsp3) is 0.100. The summed E-state index contributed by atoms with van der Waals surface area (Å²) in [4.78, 5) is 23.7. The Hall–Kier alpha value is -2.74. The molecule has 0 aliphatic heterocycles. The van der Waals surface area contributed by atoms with Gasteiger partial charge in [0.1, 0.15) is 0 Å². The van der Waals surface area contributed by atoms with Crippen LogP contribution in [0.15, 0.2) is 77.4 Å². The predicted molar refractivity (Wildman–Crippen MR) is 88.2 cm³/mol. The van der Waals surface area contributed by atoms with Gasteiger partial charge in [-0.1, -0.05) is 42.0 Å². The standard InChI is InChI=1S/C20H16O2/c1-13-3-5-15(6-4-13)18-12-17(8-10-20(18)22)16-7-9-19(21)14(2)11-16/h3-12H,1-2H3/b17-16+. The van der Waals surface area contributed by atoms with E-state index in [-0.39, 0.29) is 11.6 Å². The van der Waals surface area contributed by atoms with E-state index in [0.29, 0.717) is 11.1 Å². The summed E-state index contributed by atoms with van der Waals surface area (Å²) in [7, 11) is 0. The number of ketones is 2. The van der Waals surface area contributed by atoms with Crippen LogP contribution in [0.3, 0.4) is 0 Å². The molecular weight excluding hydrogens is 272 g/mol. The number of carbonyl (C=O) groups is 2. The van der Waals surface area contributed by atoms with Gasteiger partial charge in [-0.2, -0.15) is 0 Å². The van der Waals surface area contributed by atoms with E-state index in [1.165, 1.54) is 0 Å². The highest BCUT2D eigenvalue weighted by atomic mass is 16.1. The van der Waals surface area contributed by atoms with Gasteiger partial charge in [0.15, 0.2) is 11.6 Å². The van der Waals surface area contributed by atoms with Gasteiger partial charge in [0, 0.05) is 5.57 Å². The number of hydrogen-bond acceptors (Lipinski definition) is 2. The lowest BCUT2D eigenvalue weighted by atomic mass is 9.90. The van der Waals surface area contributed by atoms with Crippen molar-refractivity contribution in [3.63, 3.8) is 0 Å². The van der Waals surface area contributed by atoms with E-state index >= 15 is 0 Å². The molecule has 0 unspecified atom stereocenters. The van der Waals surface area contributed by atoms with Gasteiger partial charge >= 0.3 is 0 Å². The molecule has 1 aromatic carbocycles. The molecule has 0 aromatic heterocycles. The Balaban J connectivity index is 2.07. The van der Waals surface area contributed by atoms with Gasteiger partial charge in [0.05, 0.1) is 0 Å². The minimum absolute atomic E-state index is 0.00442. The Bertz CT molecular complexity index is 810. The van der Waals surface area contributed by atoms with Crippen LogP contribution in [-0.4, -0.2) is 11.6 Å². The zero-order chi connectivity index (χ0) is 15.7. The quantitative estimate of drug-likeness (QED) is 0.785. The maximum absolute atomic E-state index is 12.2. The Morgan fingerprint density at radius 2 is 1.27 bits per heavy atom. The van der Waals surface area contributed by atoms with Gasteiger partial charge in [-0.3, -0.25) is 9.59 Å². The fourth-order valence-electron chi connectivity index (χ4n) is 2.50. The van der Waals surface area contributed by atoms with Gasteiger partial charge in [-0.15, -0.1) is 0 Å². The molecule has 2 nitrogen and oxygen atoms in total. The Labute approximate surface area is 129 Å². The number of aryl methyl sites for hydroxylation is 1. The van der Waals surface area contributed by atoms with E-state index in [1.54, 1.807) is 31.2 Å². The largest absolute Gasteiger partial charge is 0.290 e. The van der Waals surface area contributed by atoms with Crippen LogP contribution in [0.5, 0.6) is 0 Å². The molecule has 0 spiro atoms. The van der Waals surface area contributed by atoms with Crippen molar-refractivity contribution in [1.29, 1.82) is 0 Å². The highest BCUT2D eigenvalue weighted by Gasteiger charge is 2.16. The van der Waals surface area contributed by atoms with Crippen molar-refractivity contribution in [2.24, 2.45) is 0 Å². The summed E-state index contributed by atoms with van der Waals surface area (Å²) in [5.74, 6) is 0.0349. The molecule has 108 valence electrons. The first-order valence-corrected chi connectivity index (χ1v) is 7.21. The summed E-state index contributed by atoms with van der Waals surface area (Å²) >= 11 is 0. The van der Waals surface area contributed by atoms with Gasteiger partial charge in [-0.25, -0.2) is 0 Å². The van der Waals surface area contributed by atoms with E-state index < -0.39 is 0 Å². The summed E-state index contributed by atoms with van der Waals surface area (Å²) in [5.41, 5.74) is 5.36. The Morgan fingerprint density at radius 3 is 1.91 bits per heavy atom. The number of rotatable bonds is 1. The van der Waals surface area contributed by atoms with E-state index in [4.69, 9.17) is 0 Å².